The van der Waals surface area contributed by atoms with Gasteiger partial charge in [0.15, 0.2) is 0 Å². The fraction of sp³-hybridized carbons (Fsp3) is 0.400. The van der Waals surface area contributed by atoms with Crippen molar-refractivity contribution in [2.45, 2.75) is 25.8 Å². The first-order valence-corrected chi connectivity index (χ1v) is 6.64. The zero-order valence-electron chi connectivity index (χ0n) is 11.5. The van der Waals surface area contributed by atoms with E-state index in [0.717, 1.165) is 6.42 Å². The normalized spacial score (nSPS) is 12.6. The van der Waals surface area contributed by atoms with Crippen molar-refractivity contribution in [3.63, 3.8) is 0 Å². The second-order valence-electron chi connectivity index (χ2n) is 4.99. The minimum atomic E-state index is 0.0417. The average Bonchev–Trinajstić information content (AvgIpc) is 2.74. The first kappa shape index (κ1) is 13.6. The van der Waals surface area contributed by atoms with E-state index in [4.69, 9.17) is 5.73 Å². The molecule has 4 nitrogen and oxygen atoms in total. The Balaban J connectivity index is 2.04. The lowest BCUT2D eigenvalue weighted by atomic mass is 10.1. The third kappa shape index (κ3) is 3.15. The van der Waals surface area contributed by atoms with Gasteiger partial charge in [0.2, 0.25) is 5.91 Å². The molecule has 1 amide bonds. The highest BCUT2D eigenvalue weighted by atomic mass is 16.1. The molecule has 0 aliphatic heterocycles. The molecule has 0 aliphatic carbocycles. The zero-order valence-corrected chi connectivity index (χ0v) is 11.5. The lowest BCUT2D eigenvalue weighted by molar-refractivity contribution is -0.121. The zero-order chi connectivity index (χ0) is 13.8. The van der Waals surface area contributed by atoms with Gasteiger partial charge in [-0.05, 0) is 25.0 Å². The van der Waals surface area contributed by atoms with Crippen LogP contribution in [0.1, 0.15) is 18.9 Å². The molecule has 0 bridgehead atoms. The molecule has 0 radical (unpaired) electrons. The van der Waals surface area contributed by atoms with Crippen molar-refractivity contribution in [1.82, 2.24) is 9.88 Å². The molecule has 0 saturated heterocycles. The maximum absolute atomic E-state index is 11.8. The van der Waals surface area contributed by atoms with E-state index < -0.39 is 0 Å². The summed E-state index contributed by atoms with van der Waals surface area (Å²) in [5.74, 6) is 0.0610. The monoisotopic (exact) mass is 259 g/mol. The Bertz CT molecular complexity index is 574. The summed E-state index contributed by atoms with van der Waals surface area (Å²) in [7, 11) is 2.03. The molecule has 4 heteroatoms. The van der Waals surface area contributed by atoms with Crippen molar-refractivity contribution >= 4 is 16.8 Å². The summed E-state index contributed by atoms with van der Waals surface area (Å²) in [6.45, 7) is 2.38. The average molecular weight is 259 g/mol. The summed E-state index contributed by atoms with van der Waals surface area (Å²) in [6.07, 6.45) is 3.35. The summed E-state index contributed by atoms with van der Waals surface area (Å²) in [5.41, 5.74) is 7.91. The number of para-hydroxylation sites is 1. The molecular weight excluding hydrogens is 238 g/mol. The number of carbonyl (C=O) groups excluding carboxylic acids is 1. The van der Waals surface area contributed by atoms with Gasteiger partial charge in [-0.1, -0.05) is 18.2 Å². The number of carbonyl (C=O) groups is 1. The second kappa shape index (κ2) is 5.89. The third-order valence-corrected chi connectivity index (χ3v) is 3.36. The molecule has 1 aromatic carbocycles. The van der Waals surface area contributed by atoms with Gasteiger partial charge in [-0.15, -0.1) is 0 Å². The predicted octanol–water partition coefficient (Wildman–Crippen LogP) is 1.57. The molecule has 1 atom stereocenters. The number of hydrogen-bond donors (Lipinski definition) is 2. The molecule has 1 unspecified atom stereocenters. The van der Waals surface area contributed by atoms with E-state index in [1.165, 1.54) is 16.5 Å². The lowest BCUT2D eigenvalue weighted by Crippen LogP contribution is -2.37. The minimum absolute atomic E-state index is 0.0417. The highest BCUT2D eigenvalue weighted by molar-refractivity contribution is 5.85. The fourth-order valence-electron chi connectivity index (χ4n) is 2.28. The van der Waals surface area contributed by atoms with Crippen LogP contribution in [-0.4, -0.2) is 23.1 Å². The molecule has 1 heterocycles. The van der Waals surface area contributed by atoms with E-state index in [-0.39, 0.29) is 11.9 Å². The van der Waals surface area contributed by atoms with E-state index in [2.05, 4.69) is 28.2 Å². The van der Waals surface area contributed by atoms with Crippen molar-refractivity contribution in [3.05, 3.63) is 36.0 Å². The molecule has 1 aromatic heterocycles. The van der Waals surface area contributed by atoms with E-state index >= 15 is 0 Å². The summed E-state index contributed by atoms with van der Waals surface area (Å²) >= 11 is 0. The largest absolute Gasteiger partial charge is 0.352 e. The molecule has 3 N–H and O–H groups in total. The number of amides is 1. The Kier molecular flexibility index (Phi) is 4.22. The van der Waals surface area contributed by atoms with Crippen LogP contribution in [0.2, 0.25) is 0 Å². The first-order valence-electron chi connectivity index (χ1n) is 6.64. The molecule has 0 fully saturated rings. The number of benzene rings is 1. The number of aromatic nitrogens is 1. The van der Waals surface area contributed by atoms with Crippen LogP contribution < -0.4 is 11.1 Å². The van der Waals surface area contributed by atoms with Crippen LogP contribution in [0.15, 0.2) is 30.5 Å². The summed E-state index contributed by atoms with van der Waals surface area (Å²) in [6, 6.07) is 8.30. The minimum Gasteiger partial charge on any atom is -0.352 e. The molecule has 0 aliphatic rings. The van der Waals surface area contributed by atoms with Crippen molar-refractivity contribution in [2.75, 3.05) is 6.54 Å². The number of aryl methyl sites for hydroxylation is 2. The van der Waals surface area contributed by atoms with Crippen LogP contribution in [0.4, 0.5) is 0 Å². The Hall–Kier alpha value is -1.81. The first-order chi connectivity index (χ1) is 9.11. The van der Waals surface area contributed by atoms with Crippen molar-refractivity contribution < 1.29 is 4.79 Å². The Morgan fingerprint density at radius 3 is 2.89 bits per heavy atom. The SMILES string of the molecule is CC(CN)NC(=O)CCc1cn(C)c2ccccc12. The van der Waals surface area contributed by atoms with Crippen LogP contribution in [0.3, 0.4) is 0 Å². The van der Waals surface area contributed by atoms with Crippen LogP contribution in [-0.2, 0) is 18.3 Å². The number of nitrogens with one attached hydrogen (secondary N) is 1. The summed E-state index contributed by atoms with van der Waals surface area (Å²) in [5, 5.41) is 4.11. The van der Waals surface area contributed by atoms with Crippen LogP contribution in [0.5, 0.6) is 0 Å². The molecule has 0 saturated carbocycles. The van der Waals surface area contributed by atoms with E-state index in [1.807, 2.05) is 26.1 Å². The van der Waals surface area contributed by atoms with E-state index in [1.54, 1.807) is 0 Å². The van der Waals surface area contributed by atoms with Gasteiger partial charge in [-0.2, -0.15) is 0 Å². The summed E-state index contributed by atoms with van der Waals surface area (Å²) < 4.78 is 2.10. The fourth-order valence-corrected chi connectivity index (χ4v) is 2.28. The van der Waals surface area contributed by atoms with Crippen molar-refractivity contribution in [3.8, 4) is 0 Å². The Morgan fingerprint density at radius 2 is 2.16 bits per heavy atom. The molecule has 2 aromatic rings. The third-order valence-electron chi connectivity index (χ3n) is 3.36. The van der Waals surface area contributed by atoms with Gasteiger partial charge in [0, 0.05) is 43.2 Å². The highest BCUT2D eigenvalue weighted by Gasteiger charge is 2.09. The Labute approximate surface area is 113 Å². The van der Waals surface area contributed by atoms with E-state index in [9.17, 15) is 4.79 Å². The van der Waals surface area contributed by atoms with Gasteiger partial charge < -0.3 is 15.6 Å². The van der Waals surface area contributed by atoms with Gasteiger partial charge >= 0.3 is 0 Å². The number of hydrogen-bond acceptors (Lipinski definition) is 2. The maximum Gasteiger partial charge on any atom is 0.220 e. The van der Waals surface area contributed by atoms with Gasteiger partial charge in [0.25, 0.3) is 0 Å². The maximum atomic E-state index is 11.8. The van der Waals surface area contributed by atoms with Crippen LogP contribution in [0.25, 0.3) is 10.9 Å². The summed E-state index contributed by atoms with van der Waals surface area (Å²) in [4.78, 5) is 11.8. The molecule has 19 heavy (non-hydrogen) atoms. The number of nitrogens with zero attached hydrogens (tertiary/aromatic N) is 1. The highest BCUT2D eigenvalue weighted by Crippen LogP contribution is 2.21. The van der Waals surface area contributed by atoms with Gasteiger partial charge in [-0.25, -0.2) is 0 Å². The second-order valence-corrected chi connectivity index (χ2v) is 4.99. The van der Waals surface area contributed by atoms with Gasteiger partial charge in [-0.3, -0.25) is 4.79 Å². The van der Waals surface area contributed by atoms with Crippen LogP contribution in [0, 0.1) is 0 Å². The smallest absolute Gasteiger partial charge is 0.220 e. The number of nitrogens with two attached hydrogens (primary N) is 1. The van der Waals surface area contributed by atoms with Gasteiger partial charge in [0.1, 0.15) is 0 Å². The predicted molar refractivity (Wildman–Crippen MR) is 77.9 cm³/mol. The van der Waals surface area contributed by atoms with Crippen LogP contribution >= 0.6 is 0 Å². The molecular formula is C15H21N3O. The van der Waals surface area contributed by atoms with Crippen molar-refractivity contribution in [1.29, 1.82) is 0 Å². The van der Waals surface area contributed by atoms with E-state index in [0.29, 0.717) is 13.0 Å². The molecule has 102 valence electrons. The quantitative estimate of drug-likeness (QED) is 0.856. The molecule has 2 rings (SSSR count). The van der Waals surface area contributed by atoms with Gasteiger partial charge in [0.05, 0.1) is 0 Å². The standard InChI is InChI=1S/C15H21N3O/c1-11(9-16)17-15(19)8-7-12-10-18(2)14-6-4-3-5-13(12)14/h3-6,10-11H,7-9,16H2,1-2H3,(H,17,19). The topological polar surface area (TPSA) is 60.0 Å². The Morgan fingerprint density at radius 1 is 1.42 bits per heavy atom. The number of rotatable bonds is 5. The molecule has 0 spiro atoms. The number of fused-ring (bicyclic) bond motifs is 1. The lowest BCUT2D eigenvalue weighted by Gasteiger charge is -2.10. The van der Waals surface area contributed by atoms with Crippen molar-refractivity contribution in [2.24, 2.45) is 12.8 Å².